The third-order valence-corrected chi connectivity index (χ3v) is 3.77. The van der Waals surface area contributed by atoms with Crippen molar-refractivity contribution in [1.82, 2.24) is 10.3 Å². The normalized spacial score (nSPS) is 17.1. The lowest BCUT2D eigenvalue weighted by molar-refractivity contribution is 0.406. The van der Waals surface area contributed by atoms with Gasteiger partial charge in [0.1, 0.15) is 0 Å². The van der Waals surface area contributed by atoms with E-state index in [0.29, 0.717) is 17.4 Å². The Balaban J connectivity index is 2.50. The van der Waals surface area contributed by atoms with Crippen molar-refractivity contribution in [2.75, 3.05) is 0 Å². The summed E-state index contributed by atoms with van der Waals surface area (Å²) in [6.45, 7) is 4.76. The molecule has 0 saturated heterocycles. The second-order valence-corrected chi connectivity index (χ2v) is 5.49. The average Bonchev–Trinajstić information content (AvgIpc) is 2.62. The van der Waals surface area contributed by atoms with Crippen molar-refractivity contribution >= 4 is 22.5 Å². The molecule has 94 valence electrons. The van der Waals surface area contributed by atoms with Crippen LogP contribution in [0, 0.1) is 0 Å². The van der Waals surface area contributed by atoms with Crippen LogP contribution in [0.5, 0.6) is 11.5 Å². The van der Waals surface area contributed by atoms with E-state index < -0.39 is 0 Å². The summed E-state index contributed by atoms with van der Waals surface area (Å²) in [6.07, 6.45) is 1.78. The third-order valence-electron chi connectivity index (χ3n) is 3.48. The van der Waals surface area contributed by atoms with Gasteiger partial charge < -0.3 is 15.5 Å². The Kier molecular flexibility index (Phi) is 2.24. The van der Waals surface area contributed by atoms with Gasteiger partial charge in [0, 0.05) is 18.3 Å². The molecule has 18 heavy (non-hydrogen) atoms. The molecule has 0 spiro atoms. The molecular weight excluding hydrogens is 252 g/mol. The van der Waals surface area contributed by atoms with Gasteiger partial charge in [-0.25, -0.2) is 0 Å². The highest BCUT2D eigenvalue weighted by Crippen LogP contribution is 2.45. The Morgan fingerprint density at radius 3 is 2.78 bits per heavy atom. The van der Waals surface area contributed by atoms with E-state index in [-0.39, 0.29) is 22.1 Å². The molecule has 0 bridgehead atoms. The number of rotatable bonds is 0. The molecule has 0 unspecified atom stereocenters. The first kappa shape index (κ1) is 11.6. The minimum atomic E-state index is -0.290. The third kappa shape index (κ3) is 1.39. The number of fused-ring (bicyclic) bond motifs is 3. The first-order valence-corrected chi connectivity index (χ1v) is 6.07. The van der Waals surface area contributed by atoms with Crippen LogP contribution in [-0.2, 0) is 12.1 Å². The van der Waals surface area contributed by atoms with Crippen molar-refractivity contribution in [2.45, 2.75) is 25.9 Å². The van der Waals surface area contributed by atoms with E-state index in [4.69, 9.17) is 11.6 Å². The van der Waals surface area contributed by atoms with E-state index in [0.717, 1.165) is 11.1 Å². The van der Waals surface area contributed by atoms with Gasteiger partial charge in [-0.1, -0.05) is 11.6 Å². The summed E-state index contributed by atoms with van der Waals surface area (Å²) in [5.74, 6) is -0.485. The number of hydrogen-bond donors (Lipinski definition) is 3. The smallest absolute Gasteiger partial charge is 0.177 e. The molecule has 1 aromatic heterocycles. The number of hydrogen-bond acceptors (Lipinski definition) is 4. The van der Waals surface area contributed by atoms with Crippen molar-refractivity contribution in [2.24, 2.45) is 0 Å². The quantitative estimate of drug-likeness (QED) is 0.640. The highest BCUT2D eigenvalue weighted by Gasteiger charge is 2.33. The van der Waals surface area contributed by atoms with Crippen LogP contribution in [0.25, 0.3) is 10.9 Å². The van der Waals surface area contributed by atoms with Crippen LogP contribution in [0.4, 0.5) is 0 Å². The number of aromatic hydroxyl groups is 2. The Hall–Kier alpha value is -1.52. The Bertz CT molecular complexity index is 668. The number of phenols is 2. The fraction of sp³-hybridized carbons (Fsp3) is 0.308. The van der Waals surface area contributed by atoms with Crippen molar-refractivity contribution < 1.29 is 10.2 Å². The maximum absolute atomic E-state index is 10.1. The zero-order valence-electron chi connectivity index (χ0n) is 10.1. The molecule has 5 heteroatoms. The van der Waals surface area contributed by atoms with Crippen LogP contribution in [0.15, 0.2) is 12.3 Å². The maximum Gasteiger partial charge on any atom is 0.177 e. The number of benzene rings is 1. The molecule has 0 saturated carbocycles. The SMILES string of the molecule is CC1(C)NCc2cnc3cc(Cl)c(O)c(O)c3c21. The minimum Gasteiger partial charge on any atom is -0.504 e. The largest absolute Gasteiger partial charge is 0.504 e. The summed E-state index contributed by atoms with van der Waals surface area (Å²) in [5.41, 5.74) is 2.32. The van der Waals surface area contributed by atoms with Crippen molar-refractivity contribution in [3.05, 3.63) is 28.4 Å². The molecule has 1 aliphatic heterocycles. The monoisotopic (exact) mass is 264 g/mol. The van der Waals surface area contributed by atoms with Gasteiger partial charge in [0.2, 0.25) is 0 Å². The van der Waals surface area contributed by atoms with E-state index >= 15 is 0 Å². The van der Waals surface area contributed by atoms with Gasteiger partial charge in [-0.3, -0.25) is 4.98 Å². The topological polar surface area (TPSA) is 65.4 Å². The van der Waals surface area contributed by atoms with Crippen LogP contribution in [0.3, 0.4) is 0 Å². The molecule has 2 heterocycles. The van der Waals surface area contributed by atoms with Crippen LogP contribution < -0.4 is 5.32 Å². The molecule has 0 aliphatic carbocycles. The van der Waals surface area contributed by atoms with Crippen molar-refractivity contribution in [3.63, 3.8) is 0 Å². The van der Waals surface area contributed by atoms with Gasteiger partial charge >= 0.3 is 0 Å². The lowest BCUT2D eigenvalue weighted by Crippen LogP contribution is -2.29. The predicted molar refractivity (Wildman–Crippen MR) is 69.9 cm³/mol. The molecule has 4 nitrogen and oxygen atoms in total. The lowest BCUT2D eigenvalue weighted by Gasteiger charge is -2.22. The lowest BCUT2D eigenvalue weighted by atomic mass is 9.91. The first-order valence-electron chi connectivity index (χ1n) is 5.69. The maximum atomic E-state index is 10.1. The second kappa shape index (κ2) is 3.49. The molecule has 2 aromatic rings. The number of nitrogens with zero attached hydrogens (tertiary/aromatic N) is 1. The van der Waals surface area contributed by atoms with E-state index in [2.05, 4.69) is 10.3 Å². The van der Waals surface area contributed by atoms with Gasteiger partial charge in [0.05, 0.1) is 15.9 Å². The fourth-order valence-corrected chi connectivity index (χ4v) is 2.78. The molecule has 3 N–H and O–H groups in total. The van der Waals surface area contributed by atoms with Gasteiger partial charge in [0.25, 0.3) is 0 Å². The molecule has 0 atom stereocenters. The van der Waals surface area contributed by atoms with Crippen molar-refractivity contribution in [1.29, 1.82) is 0 Å². The zero-order valence-corrected chi connectivity index (χ0v) is 10.8. The second-order valence-electron chi connectivity index (χ2n) is 5.09. The number of phenolic OH excluding ortho intramolecular Hbond substituents is 2. The molecule has 3 rings (SSSR count). The van der Waals surface area contributed by atoms with E-state index in [1.54, 1.807) is 12.3 Å². The van der Waals surface area contributed by atoms with Gasteiger partial charge in [0.15, 0.2) is 11.5 Å². The van der Waals surface area contributed by atoms with E-state index in [9.17, 15) is 10.2 Å². The molecule has 0 radical (unpaired) electrons. The molecular formula is C13H13ClN2O2. The zero-order chi connectivity index (χ0) is 13.1. The van der Waals surface area contributed by atoms with Gasteiger partial charge in [-0.05, 0) is 31.0 Å². The summed E-state index contributed by atoms with van der Waals surface area (Å²) in [5, 5.41) is 23.9. The first-order chi connectivity index (χ1) is 8.42. The highest BCUT2D eigenvalue weighted by molar-refractivity contribution is 6.33. The summed E-state index contributed by atoms with van der Waals surface area (Å²) >= 11 is 5.85. The predicted octanol–water partition coefficient (Wildman–Crippen LogP) is 2.64. The van der Waals surface area contributed by atoms with Crippen LogP contribution in [-0.4, -0.2) is 15.2 Å². The molecule has 1 aliphatic rings. The van der Waals surface area contributed by atoms with E-state index in [1.165, 1.54) is 0 Å². The summed E-state index contributed by atoms with van der Waals surface area (Å²) < 4.78 is 0. The molecule has 0 amide bonds. The molecule has 0 fully saturated rings. The number of halogens is 1. The van der Waals surface area contributed by atoms with Gasteiger partial charge in [-0.2, -0.15) is 0 Å². The van der Waals surface area contributed by atoms with Crippen LogP contribution in [0.1, 0.15) is 25.0 Å². The molecule has 1 aromatic carbocycles. The Morgan fingerprint density at radius 1 is 1.33 bits per heavy atom. The highest BCUT2D eigenvalue weighted by atomic mass is 35.5. The number of aromatic nitrogens is 1. The number of pyridine rings is 1. The standard InChI is InChI=1S/C13H13ClN2O2/c1-13(2)10-6(5-16-13)4-15-8-3-7(14)11(17)12(18)9(8)10/h3-4,16-18H,5H2,1-2H3. The Labute approximate surface area is 109 Å². The summed E-state index contributed by atoms with van der Waals surface area (Å²) in [7, 11) is 0. The van der Waals surface area contributed by atoms with Crippen LogP contribution in [0.2, 0.25) is 5.02 Å². The van der Waals surface area contributed by atoms with E-state index in [1.807, 2.05) is 13.8 Å². The fourth-order valence-electron chi connectivity index (χ4n) is 2.59. The van der Waals surface area contributed by atoms with Gasteiger partial charge in [-0.15, -0.1) is 0 Å². The van der Waals surface area contributed by atoms with Crippen molar-refractivity contribution in [3.8, 4) is 11.5 Å². The average molecular weight is 265 g/mol. The summed E-state index contributed by atoms with van der Waals surface area (Å²) in [6, 6.07) is 1.57. The number of nitrogens with one attached hydrogen (secondary N) is 1. The van der Waals surface area contributed by atoms with Crippen LogP contribution >= 0.6 is 11.6 Å². The minimum absolute atomic E-state index is 0.108. The summed E-state index contributed by atoms with van der Waals surface area (Å²) in [4.78, 5) is 4.29. The Morgan fingerprint density at radius 2 is 2.06 bits per heavy atom.